The summed E-state index contributed by atoms with van der Waals surface area (Å²) >= 11 is 0. The molecule has 0 rings (SSSR count). The second-order valence-electron chi connectivity index (χ2n) is 0.577. The molecule has 0 aliphatic carbocycles. The van der Waals surface area contributed by atoms with Gasteiger partial charge in [-0.3, -0.25) is 0 Å². The van der Waals surface area contributed by atoms with E-state index in [1.807, 2.05) is 0 Å². The summed E-state index contributed by atoms with van der Waals surface area (Å²) in [6.07, 6.45) is 3.00. The summed E-state index contributed by atoms with van der Waals surface area (Å²) in [5.41, 5.74) is 0. The van der Waals surface area contributed by atoms with E-state index >= 15 is 0 Å². The third kappa shape index (κ3) is 595. The van der Waals surface area contributed by atoms with E-state index in [-0.39, 0.29) is 36.8 Å². The van der Waals surface area contributed by atoms with Crippen LogP contribution in [0.5, 0.6) is 0 Å². The summed E-state index contributed by atoms with van der Waals surface area (Å²) in [4.78, 5) is 0. The first-order valence-corrected chi connectivity index (χ1v) is 1.63. The predicted molar refractivity (Wildman–Crippen MR) is 36.9 cm³/mol. The van der Waals surface area contributed by atoms with Crippen molar-refractivity contribution in [1.29, 1.82) is 0 Å². The Morgan fingerprint density at radius 1 is 0.875 bits per heavy atom. The summed E-state index contributed by atoms with van der Waals surface area (Å²) in [6.45, 7) is 13.0. The van der Waals surface area contributed by atoms with Crippen LogP contribution in [0.15, 0.2) is 25.3 Å². The van der Waals surface area contributed by atoms with Crippen molar-refractivity contribution in [3.05, 3.63) is 39.2 Å². The Labute approximate surface area is 75.9 Å². The van der Waals surface area contributed by atoms with Crippen molar-refractivity contribution < 1.29 is 12.4 Å². The molecule has 0 aromatic heterocycles. The van der Waals surface area contributed by atoms with E-state index in [1.165, 1.54) is 12.2 Å². The number of hydrogen-bond donors (Lipinski definition) is 0. The molecule has 0 fully saturated rings. The minimum Gasteiger partial charge on any atom is -1.00 e. The van der Waals surface area contributed by atoms with Gasteiger partial charge in [0.25, 0.3) is 0 Å². The summed E-state index contributed by atoms with van der Waals surface area (Å²) < 4.78 is 0. The largest absolute Gasteiger partial charge is 1.00 e. The average molecular weight is 239 g/mol. The molecule has 47 valence electrons. The van der Waals surface area contributed by atoms with Crippen molar-refractivity contribution in [2.24, 2.45) is 0 Å². The van der Waals surface area contributed by atoms with E-state index < -0.39 is 0 Å². The Morgan fingerprint density at radius 3 is 0.875 bits per heavy atom. The van der Waals surface area contributed by atoms with Gasteiger partial charge in [-0.05, 0) is 13.8 Å². The molecule has 0 nitrogen and oxygen atoms in total. The van der Waals surface area contributed by atoms with Crippen LogP contribution in [0.1, 0.15) is 0 Å². The molecule has 2 heteroatoms. The zero-order valence-corrected chi connectivity index (χ0v) is 8.12. The van der Waals surface area contributed by atoms with Crippen LogP contribution < -0.4 is 12.4 Å². The van der Waals surface area contributed by atoms with Crippen molar-refractivity contribution >= 4 is 24.4 Å². The molecule has 0 saturated heterocycles. The van der Waals surface area contributed by atoms with Gasteiger partial charge in [-0.25, -0.2) is 0 Å². The van der Waals surface area contributed by atoms with E-state index in [0.29, 0.717) is 0 Å². The van der Waals surface area contributed by atoms with Gasteiger partial charge in [-0.15, -0.1) is 13.2 Å². The van der Waals surface area contributed by atoms with Crippen molar-refractivity contribution in [3.8, 4) is 0 Å². The molecular formula is C6H10ClSb-. The third-order valence-corrected chi connectivity index (χ3v) is 0. The van der Waals surface area contributed by atoms with Crippen molar-refractivity contribution in [2.75, 3.05) is 0 Å². The molecule has 0 aliphatic rings. The Bertz CT molecular complexity index is 29.5. The molecule has 0 heterocycles. The minimum absolute atomic E-state index is 0. The Morgan fingerprint density at radius 2 is 0.875 bits per heavy atom. The van der Waals surface area contributed by atoms with Crippen LogP contribution in [-0.4, -0.2) is 24.4 Å². The molecule has 0 amide bonds. The molecule has 0 N–H and O–H groups in total. The van der Waals surface area contributed by atoms with Crippen LogP contribution in [0.25, 0.3) is 0 Å². The summed E-state index contributed by atoms with van der Waals surface area (Å²) in [5.74, 6) is 0. The fourth-order valence-corrected chi connectivity index (χ4v) is 0. The minimum atomic E-state index is 0. The number of hydrogen-bond acceptors (Lipinski definition) is 0. The third-order valence-electron chi connectivity index (χ3n) is 0. The van der Waals surface area contributed by atoms with Gasteiger partial charge in [0.1, 0.15) is 0 Å². The second kappa shape index (κ2) is 49.2. The summed E-state index contributed by atoms with van der Waals surface area (Å²) in [5, 5.41) is 0. The molecule has 0 atom stereocenters. The zero-order valence-electron chi connectivity index (χ0n) is 4.81. The van der Waals surface area contributed by atoms with E-state index in [1.54, 1.807) is 0 Å². The van der Waals surface area contributed by atoms with E-state index in [0.717, 1.165) is 0 Å². The molecule has 0 aliphatic heterocycles. The second-order valence-corrected chi connectivity index (χ2v) is 0.577. The van der Waals surface area contributed by atoms with Crippen LogP contribution in [0.2, 0.25) is 0 Å². The Hall–Kier alpha value is 0.588. The molecule has 0 saturated carbocycles. The molecular weight excluding hydrogens is 229 g/mol. The van der Waals surface area contributed by atoms with E-state index in [4.69, 9.17) is 0 Å². The number of allylic oxidation sites excluding steroid dienone is 2. The van der Waals surface area contributed by atoms with Gasteiger partial charge in [0, 0.05) is 24.4 Å². The van der Waals surface area contributed by atoms with Crippen LogP contribution in [-0.2, 0) is 0 Å². The molecule has 5 radical (unpaired) electrons. The van der Waals surface area contributed by atoms with Crippen molar-refractivity contribution in [3.63, 3.8) is 0 Å². The monoisotopic (exact) mass is 238 g/mol. The van der Waals surface area contributed by atoms with Crippen LogP contribution >= 0.6 is 0 Å². The quantitative estimate of drug-likeness (QED) is 0.458. The number of halogens is 1. The molecule has 0 aromatic carbocycles. The predicted octanol–water partition coefficient (Wildman–Crippen LogP) is -1.36. The van der Waals surface area contributed by atoms with E-state index in [9.17, 15) is 0 Å². The molecule has 8 heavy (non-hydrogen) atoms. The first-order valence-electron chi connectivity index (χ1n) is 1.63. The van der Waals surface area contributed by atoms with Gasteiger partial charge >= 0.3 is 0 Å². The molecule has 0 aromatic rings. The summed E-state index contributed by atoms with van der Waals surface area (Å²) in [7, 11) is 0. The van der Waals surface area contributed by atoms with E-state index in [2.05, 4.69) is 27.0 Å². The van der Waals surface area contributed by atoms with Gasteiger partial charge in [-0.2, -0.15) is 0 Å². The first-order chi connectivity index (χ1) is 2.83. The fraction of sp³-hybridized carbons (Fsp3) is 0. The van der Waals surface area contributed by atoms with Gasteiger partial charge in [-0.1, -0.05) is 12.2 Å². The Kier molecular flexibility index (Phi) is 144. The first kappa shape index (κ1) is 23.5. The standard InChI is InChI=1S/2C3H5.ClH.Sb/c2*1-3-2;;/h2*3H,1-2H2;1H;/p-1. The van der Waals surface area contributed by atoms with Gasteiger partial charge in [0.2, 0.25) is 0 Å². The van der Waals surface area contributed by atoms with Crippen LogP contribution in [0.3, 0.4) is 0 Å². The van der Waals surface area contributed by atoms with Crippen LogP contribution in [0, 0.1) is 13.8 Å². The molecule has 0 spiro atoms. The molecule has 0 unspecified atom stereocenters. The van der Waals surface area contributed by atoms with Gasteiger partial charge < -0.3 is 12.4 Å². The maximum atomic E-state index is 3.25. The topological polar surface area (TPSA) is 0 Å². The maximum Gasteiger partial charge on any atom is 0 e. The normalized spacial score (nSPS) is 3.25. The maximum absolute atomic E-state index is 3.25. The van der Waals surface area contributed by atoms with Crippen molar-refractivity contribution in [2.45, 2.75) is 0 Å². The fourth-order valence-electron chi connectivity index (χ4n) is 0. The SMILES string of the molecule is [CH2]C=C.[CH2]C=C.[Cl-].[Sb]. The van der Waals surface area contributed by atoms with Gasteiger partial charge in [0.05, 0.1) is 0 Å². The zero-order chi connectivity index (χ0) is 5.41. The number of rotatable bonds is 0. The average Bonchev–Trinajstić information content (AvgIpc) is 1.39. The summed E-state index contributed by atoms with van der Waals surface area (Å²) in [6, 6.07) is 0. The smallest absolute Gasteiger partial charge is 0 e. The van der Waals surface area contributed by atoms with Crippen molar-refractivity contribution in [1.82, 2.24) is 0 Å². The van der Waals surface area contributed by atoms with Crippen LogP contribution in [0.4, 0.5) is 0 Å². The molecule has 0 bridgehead atoms. The van der Waals surface area contributed by atoms with Gasteiger partial charge in [0.15, 0.2) is 0 Å². The Balaban J connectivity index is -0.0000000160.